The van der Waals surface area contributed by atoms with Gasteiger partial charge < -0.3 is 29.6 Å². The highest BCUT2D eigenvalue weighted by Gasteiger charge is 2.84. The van der Waals surface area contributed by atoms with Crippen LogP contribution in [-0.4, -0.2) is 55.5 Å². The monoisotopic (exact) mass is 418 g/mol. The van der Waals surface area contributed by atoms with E-state index in [1.165, 1.54) is 12.3 Å². The number of hydrogen-bond acceptors (Lipinski definition) is 7. The molecule has 4 saturated carbocycles. The molecule has 1 aliphatic heterocycles. The van der Waals surface area contributed by atoms with Crippen LogP contribution in [0.4, 0.5) is 0 Å². The lowest BCUT2D eigenvalue weighted by atomic mass is 9.46. The molecule has 7 nitrogen and oxygen atoms in total. The van der Waals surface area contributed by atoms with E-state index < -0.39 is 34.6 Å². The summed E-state index contributed by atoms with van der Waals surface area (Å²) in [6.45, 7) is 2.16. The van der Waals surface area contributed by atoms with Crippen LogP contribution in [0.5, 0.6) is 0 Å². The first kappa shape index (κ1) is 19.4. The summed E-state index contributed by atoms with van der Waals surface area (Å²) >= 11 is 0. The summed E-state index contributed by atoms with van der Waals surface area (Å²) in [5.41, 5.74) is -2.99. The van der Waals surface area contributed by atoms with Crippen LogP contribution in [0.2, 0.25) is 0 Å². The molecule has 1 aromatic heterocycles. The molecule has 6 rings (SSSR count). The SMILES string of the molecule is CC12CCC3C(CCC4(O)CC(O)CCC34O)C13OC3C(O)C2c1ccc(=O)oc1. The minimum absolute atomic E-state index is 0.0390. The van der Waals surface area contributed by atoms with Crippen molar-refractivity contribution in [3.05, 3.63) is 34.4 Å². The zero-order valence-corrected chi connectivity index (χ0v) is 17.2. The molecule has 4 N–H and O–H groups in total. The molecule has 0 amide bonds. The topological polar surface area (TPSA) is 124 Å². The third-order valence-corrected chi connectivity index (χ3v) is 9.73. The molecule has 2 heterocycles. The maximum absolute atomic E-state index is 11.8. The van der Waals surface area contributed by atoms with E-state index in [2.05, 4.69) is 6.92 Å². The molecule has 7 heteroatoms. The number of hydrogen-bond donors (Lipinski definition) is 4. The van der Waals surface area contributed by atoms with Crippen molar-refractivity contribution in [1.82, 2.24) is 0 Å². The third-order valence-electron chi connectivity index (χ3n) is 9.73. The highest BCUT2D eigenvalue weighted by molar-refractivity contribution is 5.38. The molecule has 0 aromatic carbocycles. The molecular weight excluding hydrogens is 388 g/mol. The Balaban J connectivity index is 1.40. The molecule has 164 valence electrons. The predicted molar refractivity (Wildman–Crippen MR) is 105 cm³/mol. The summed E-state index contributed by atoms with van der Waals surface area (Å²) in [4.78, 5) is 11.4. The van der Waals surface area contributed by atoms with E-state index in [1.54, 1.807) is 6.07 Å². The molecule has 1 spiro atoms. The molecule has 10 unspecified atom stereocenters. The van der Waals surface area contributed by atoms with E-state index in [-0.39, 0.29) is 35.7 Å². The maximum atomic E-state index is 11.8. The van der Waals surface area contributed by atoms with Crippen molar-refractivity contribution in [1.29, 1.82) is 0 Å². The van der Waals surface area contributed by atoms with E-state index in [9.17, 15) is 25.2 Å². The highest BCUT2D eigenvalue weighted by Crippen LogP contribution is 2.77. The number of aliphatic hydroxyl groups excluding tert-OH is 2. The van der Waals surface area contributed by atoms with Crippen LogP contribution in [0.25, 0.3) is 0 Å². The first-order valence-corrected chi connectivity index (χ1v) is 11.2. The second-order valence-corrected chi connectivity index (χ2v) is 10.7. The summed E-state index contributed by atoms with van der Waals surface area (Å²) < 4.78 is 11.4. The molecule has 1 saturated heterocycles. The van der Waals surface area contributed by atoms with Crippen LogP contribution < -0.4 is 5.63 Å². The van der Waals surface area contributed by atoms with Crippen molar-refractivity contribution in [3.63, 3.8) is 0 Å². The second kappa shape index (κ2) is 5.75. The van der Waals surface area contributed by atoms with Crippen molar-refractivity contribution >= 4 is 0 Å². The van der Waals surface area contributed by atoms with Crippen LogP contribution in [0.3, 0.4) is 0 Å². The van der Waals surface area contributed by atoms with Gasteiger partial charge in [-0.2, -0.15) is 0 Å². The lowest BCUT2D eigenvalue weighted by molar-refractivity contribution is -0.268. The van der Waals surface area contributed by atoms with Gasteiger partial charge in [0.15, 0.2) is 0 Å². The minimum Gasteiger partial charge on any atom is -0.431 e. The number of aliphatic hydroxyl groups is 4. The van der Waals surface area contributed by atoms with Gasteiger partial charge in [0.25, 0.3) is 0 Å². The number of rotatable bonds is 1. The Hall–Kier alpha value is -1.25. The second-order valence-electron chi connectivity index (χ2n) is 10.7. The molecule has 0 bridgehead atoms. The van der Waals surface area contributed by atoms with E-state index in [0.717, 1.165) is 18.4 Å². The van der Waals surface area contributed by atoms with Gasteiger partial charge in [-0.1, -0.05) is 6.92 Å². The van der Waals surface area contributed by atoms with Gasteiger partial charge in [-0.3, -0.25) is 0 Å². The third kappa shape index (κ3) is 2.06. The Morgan fingerprint density at radius 1 is 1.03 bits per heavy atom. The molecule has 10 atom stereocenters. The van der Waals surface area contributed by atoms with Gasteiger partial charge in [0.1, 0.15) is 11.7 Å². The van der Waals surface area contributed by atoms with Gasteiger partial charge in [0, 0.05) is 23.8 Å². The van der Waals surface area contributed by atoms with Crippen molar-refractivity contribution in [2.45, 2.75) is 92.9 Å². The van der Waals surface area contributed by atoms with Gasteiger partial charge in [0.05, 0.1) is 29.7 Å². The van der Waals surface area contributed by atoms with Crippen LogP contribution in [0.15, 0.2) is 27.6 Å². The Bertz CT molecular complexity index is 925. The smallest absolute Gasteiger partial charge is 0.335 e. The fourth-order valence-corrected chi connectivity index (χ4v) is 8.41. The molecule has 30 heavy (non-hydrogen) atoms. The molecule has 0 radical (unpaired) electrons. The van der Waals surface area contributed by atoms with Crippen molar-refractivity contribution in [2.24, 2.45) is 17.3 Å². The van der Waals surface area contributed by atoms with Crippen LogP contribution in [-0.2, 0) is 4.74 Å². The molecular formula is C23H30O7. The lowest BCUT2D eigenvalue weighted by Crippen LogP contribution is -2.70. The van der Waals surface area contributed by atoms with Crippen LogP contribution in [0.1, 0.15) is 63.4 Å². The van der Waals surface area contributed by atoms with Crippen LogP contribution in [0, 0.1) is 17.3 Å². The number of fused-ring (bicyclic) bond motifs is 3. The normalized spacial score (nSPS) is 56.4. The Kier molecular flexibility index (Phi) is 3.73. The summed E-state index contributed by atoms with van der Waals surface area (Å²) in [5.74, 6) is -0.288. The van der Waals surface area contributed by atoms with Gasteiger partial charge in [-0.15, -0.1) is 0 Å². The van der Waals surface area contributed by atoms with Crippen molar-refractivity contribution < 1.29 is 29.6 Å². The van der Waals surface area contributed by atoms with Crippen molar-refractivity contribution in [3.8, 4) is 0 Å². The van der Waals surface area contributed by atoms with Gasteiger partial charge >= 0.3 is 5.63 Å². The summed E-state index contributed by atoms with van der Waals surface area (Å²) in [5, 5.41) is 44.4. The standard InChI is InChI=1S/C23H30O7/c1-20-7-5-14-15(6-8-21(27)10-13(24)4-9-22(14,21)28)23(20)19(30-23)18(26)17(20)12-2-3-16(25)29-11-12/h2-3,11,13-15,17-19,24,26-28H,4-10H2,1H3. The summed E-state index contributed by atoms with van der Waals surface area (Å²) in [7, 11) is 0. The Morgan fingerprint density at radius 3 is 2.53 bits per heavy atom. The van der Waals surface area contributed by atoms with Crippen molar-refractivity contribution in [2.75, 3.05) is 0 Å². The van der Waals surface area contributed by atoms with Gasteiger partial charge in [-0.25, -0.2) is 4.79 Å². The lowest BCUT2D eigenvalue weighted by Gasteiger charge is -2.62. The molecule has 1 aromatic rings. The van der Waals surface area contributed by atoms with E-state index in [0.29, 0.717) is 25.7 Å². The number of epoxide rings is 1. The first-order valence-electron chi connectivity index (χ1n) is 11.2. The molecule has 5 aliphatic rings. The first-order chi connectivity index (χ1) is 14.2. The maximum Gasteiger partial charge on any atom is 0.335 e. The molecule has 5 fully saturated rings. The van der Waals surface area contributed by atoms with E-state index >= 15 is 0 Å². The average Bonchev–Trinajstić information content (AvgIpc) is 3.41. The van der Waals surface area contributed by atoms with Gasteiger partial charge in [-0.05, 0) is 62.0 Å². The van der Waals surface area contributed by atoms with E-state index in [4.69, 9.17) is 9.15 Å². The Morgan fingerprint density at radius 2 is 1.80 bits per heavy atom. The van der Waals surface area contributed by atoms with Gasteiger partial charge in [0.2, 0.25) is 0 Å². The quantitative estimate of drug-likeness (QED) is 0.503. The largest absolute Gasteiger partial charge is 0.431 e. The minimum atomic E-state index is -1.26. The van der Waals surface area contributed by atoms with Crippen LogP contribution >= 0.6 is 0 Å². The number of ether oxygens (including phenoxy) is 1. The average molecular weight is 418 g/mol. The fourth-order valence-electron chi connectivity index (χ4n) is 8.41. The van der Waals surface area contributed by atoms with E-state index in [1.807, 2.05) is 0 Å². The zero-order chi connectivity index (χ0) is 21.1. The Labute approximate surface area is 174 Å². The molecule has 4 aliphatic carbocycles. The summed E-state index contributed by atoms with van der Waals surface area (Å²) in [6, 6.07) is 3.14. The zero-order valence-electron chi connectivity index (χ0n) is 17.2. The fraction of sp³-hybridized carbons (Fsp3) is 0.783. The highest BCUT2D eigenvalue weighted by atomic mass is 16.6. The summed E-state index contributed by atoms with van der Waals surface area (Å²) in [6.07, 6.45) is 3.57. The predicted octanol–water partition coefficient (Wildman–Crippen LogP) is 1.07.